The Morgan fingerprint density at radius 1 is 0.905 bits per heavy atom. The van der Waals surface area contributed by atoms with E-state index < -0.39 is 28.5 Å². The topological polar surface area (TPSA) is 105 Å². The molecule has 3 aromatic carbocycles. The van der Waals surface area contributed by atoms with Gasteiger partial charge in [0.25, 0.3) is 10.0 Å². The molecule has 0 spiro atoms. The molecule has 9 nitrogen and oxygen atoms in total. The second-order valence-electron chi connectivity index (χ2n) is 10.2. The van der Waals surface area contributed by atoms with Crippen LogP contribution in [0, 0.1) is 0 Å². The van der Waals surface area contributed by atoms with E-state index in [4.69, 9.17) is 21.1 Å². The van der Waals surface area contributed by atoms with Crippen LogP contribution >= 0.6 is 11.6 Å². The summed E-state index contributed by atoms with van der Waals surface area (Å²) in [6.07, 6.45) is 3.89. The van der Waals surface area contributed by atoms with Gasteiger partial charge in [-0.1, -0.05) is 36.6 Å². The van der Waals surface area contributed by atoms with Crippen LogP contribution in [0.5, 0.6) is 11.5 Å². The molecule has 224 valence electrons. The summed E-state index contributed by atoms with van der Waals surface area (Å²) in [7, 11) is -1.14. The molecule has 1 N–H and O–H groups in total. The fraction of sp³-hybridized carbons (Fsp3) is 0.355. The maximum atomic E-state index is 14.1. The number of methoxy groups -OCH3 is 2. The van der Waals surface area contributed by atoms with Crippen molar-refractivity contribution in [1.82, 2.24) is 10.2 Å². The predicted molar refractivity (Wildman–Crippen MR) is 162 cm³/mol. The zero-order valence-corrected chi connectivity index (χ0v) is 25.5. The number of rotatable bonds is 12. The van der Waals surface area contributed by atoms with Crippen LogP contribution in [0.3, 0.4) is 0 Å². The minimum Gasteiger partial charge on any atom is -0.497 e. The largest absolute Gasteiger partial charge is 0.497 e. The van der Waals surface area contributed by atoms with Crippen LogP contribution in [0.2, 0.25) is 5.02 Å². The monoisotopic (exact) mass is 613 g/mol. The number of hydrogen-bond donors (Lipinski definition) is 1. The fourth-order valence-corrected chi connectivity index (χ4v) is 6.45. The van der Waals surface area contributed by atoms with Crippen molar-refractivity contribution in [2.75, 3.05) is 25.1 Å². The van der Waals surface area contributed by atoms with Crippen molar-refractivity contribution in [3.8, 4) is 11.5 Å². The molecular formula is C31H36ClN3O6S. The van der Waals surface area contributed by atoms with E-state index >= 15 is 0 Å². The summed E-state index contributed by atoms with van der Waals surface area (Å²) in [5.41, 5.74) is 1.02. The number of halogens is 1. The number of carbonyl (C=O) groups excluding carboxylic acids is 2. The highest BCUT2D eigenvalue weighted by Crippen LogP contribution is 2.27. The first-order valence-corrected chi connectivity index (χ1v) is 15.6. The number of nitrogens with zero attached hydrogens (tertiary/aromatic N) is 2. The molecule has 0 aromatic heterocycles. The highest BCUT2D eigenvalue weighted by atomic mass is 35.5. The lowest BCUT2D eigenvalue weighted by Gasteiger charge is -2.32. The first-order chi connectivity index (χ1) is 20.1. The van der Waals surface area contributed by atoms with E-state index in [2.05, 4.69) is 5.32 Å². The average Bonchev–Trinajstić information content (AvgIpc) is 3.52. The Kier molecular flexibility index (Phi) is 10.3. The first-order valence-electron chi connectivity index (χ1n) is 13.8. The van der Waals surface area contributed by atoms with Gasteiger partial charge in [0.05, 0.1) is 24.8 Å². The molecule has 11 heteroatoms. The third-order valence-electron chi connectivity index (χ3n) is 7.42. The SMILES string of the molecule is COc1ccc(CN(C(=O)CN(c2ccc(Cl)cc2)S(=O)(=O)c2ccc(OC)cc2)[C@H](C)C(=O)NC2CCCC2)cc1. The van der Waals surface area contributed by atoms with Gasteiger partial charge in [0, 0.05) is 17.6 Å². The Balaban J connectivity index is 1.67. The quantitative estimate of drug-likeness (QED) is 0.307. The molecular weight excluding hydrogens is 578 g/mol. The lowest BCUT2D eigenvalue weighted by molar-refractivity contribution is -0.139. The van der Waals surface area contributed by atoms with Crippen molar-refractivity contribution in [2.45, 2.75) is 56.1 Å². The van der Waals surface area contributed by atoms with Gasteiger partial charge in [0.1, 0.15) is 24.1 Å². The van der Waals surface area contributed by atoms with Gasteiger partial charge in [-0.3, -0.25) is 13.9 Å². The molecule has 1 aliphatic rings. The van der Waals surface area contributed by atoms with Gasteiger partial charge in [0.15, 0.2) is 0 Å². The van der Waals surface area contributed by atoms with Crippen LogP contribution in [-0.2, 0) is 26.2 Å². The van der Waals surface area contributed by atoms with Gasteiger partial charge < -0.3 is 19.7 Å². The third kappa shape index (κ3) is 7.54. The van der Waals surface area contributed by atoms with Crippen molar-refractivity contribution >= 4 is 39.1 Å². The molecule has 0 saturated heterocycles. The fourth-order valence-electron chi connectivity index (χ4n) is 4.91. The molecule has 1 fully saturated rings. The second kappa shape index (κ2) is 13.9. The molecule has 1 aliphatic carbocycles. The maximum Gasteiger partial charge on any atom is 0.264 e. The Morgan fingerprint density at radius 3 is 2.00 bits per heavy atom. The summed E-state index contributed by atoms with van der Waals surface area (Å²) < 4.78 is 39.3. The second-order valence-corrected chi connectivity index (χ2v) is 12.5. The molecule has 0 unspecified atom stereocenters. The third-order valence-corrected chi connectivity index (χ3v) is 9.46. The lowest BCUT2D eigenvalue weighted by atomic mass is 10.1. The maximum absolute atomic E-state index is 14.1. The van der Waals surface area contributed by atoms with E-state index in [1.165, 1.54) is 24.1 Å². The zero-order valence-electron chi connectivity index (χ0n) is 24.0. The molecule has 0 bridgehead atoms. The van der Waals surface area contributed by atoms with E-state index in [-0.39, 0.29) is 29.1 Å². The number of benzene rings is 3. The Hall–Kier alpha value is -3.76. The summed E-state index contributed by atoms with van der Waals surface area (Å²) in [6, 6.07) is 18.5. The first kappa shape index (κ1) is 31.2. The number of carbonyl (C=O) groups is 2. The van der Waals surface area contributed by atoms with Crippen molar-refractivity contribution in [3.05, 3.63) is 83.4 Å². The molecule has 3 aromatic rings. The Labute approximate surface area is 252 Å². The summed E-state index contributed by atoms with van der Waals surface area (Å²) in [5.74, 6) is 0.339. The number of amides is 2. The van der Waals surface area contributed by atoms with Gasteiger partial charge in [-0.15, -0.1) is 0 Å². The van der Waals surface area contributed by atoms with Gasteiger partial charge in [-0.05, 0) is 86.0 Å². The minimum absolute atomic E-state index is 0.0141. The van der Waals surface area contributed by atoms with Crippen LogP contribution in [0.25, 0.3) is 0 Å². The van der Waals surface area contributed by atoms with Crippen molar-refractivity contribution in [3.63, 3.8) is 0 Å². The summed E-state index contributed by atoms with van der Waals surface area (Å²) in [5, 5.41) is 3.49. The van der Waals surface area contributed by atoms with Crippen LogP contribution in [0.1, 0.15) is 38.2 Å². The normalized spacial score (nSPS) is 14.2. The van der Waals surface area contributed by atoms with E-state index in [9.17, 15) is 18.0 Å². The Morgan fingerprint density at radius 2 is 1.45 bits per heavy atom. The molecule has 42 heavy (non-hydrogen) atoms. The van der Waals surface area contributed by atoms with Gasteiger partial charge in [0.2, 0.25) is 11.8 Å². The molecule has 2 amide bonds. The number of sulfonamides is 1. The van der Waals surface area contributed by atoms with Gasteiger partial charge >= 0.3 is 0 Å². The summed E-state index contributed by atoms with van der Waals surface area (Å²) in [6.45, 7) is 1.22. The number of anilines is 1. The molecule has 1 atom stereocenters. The Bertz CT molecular complexity index is 1460. The highest BCUT2D eigenvalue weighted by Gasteiger charge is 2.33. The number of hydrogen-bond acceptors (Lipinski definition) is 6. The standard InChI is InChI=1S/C31H36ClN3O6S/c1-22(31(37)33-25-6-4-5-7-25)34(20-23-8-14-27(40-2)15-9-23)30(36)21-35(26-12-10-24(32)11-13-26)42(38,39)29-18-16-28(41-3)17-19-29/h8-19,22,25H,4-7,20-21H2,1-3H3,(H,33,37)/t22-/m1/s1. The van der Waals surface area contributed by atoms with Gasteiger partial charge in [-0.25, -0.2) is 8.42 Å². The highest BCUT2D eigenvalue weighted by molar-refractivity contribution is 7.92. The van der Waals surface area contributed by atoms with E-state index in [1.54, 1.807) is 62.6 Å². The molecule has 0 aliphatic heterocycles. The van der Waals surface area contributed by atoms with E-state index in [0.717, 1.165) is 35.6 Å². The number of ether oxygens (including phenoxy) is 2. The van der Waals surface area contributed by atoms with E-state index in [0.29, 0.717) is 16.5 Å². The van der Waals surface area contributed by atoms with Crippen LogP contribution < -0.4 is 19.1 Å². The molecule has 0 heterocycles. The average molecular weight is 614 g/mol. The molecule has 0 radical (unpaired) electrons. The summed E-state index contributed by atoms with van der Waals surface area (Å²) >= 11 is 6.08. The lowest BCUT2D eigenvalue weighted by Crippen LogP contribution is -2.52. The van der Waals surface area contributed by atoms with Gasteiger partial charge in [-0.2, -0.15) is 0 Å². The molecule has 1 saturated carbocycles. The van der Waals surface area contributed by atoms with Crippen molar-refractivity contribution < 1.29 is 27.5 Å². The molecule has 4 rings (SSSR count). The van der Waals surface area contributed by atoms with Crippen LogP contribution in [-0.4, -0.2) is 58.0 Å². The van der Waals surface area contributed by atoms with Crippen LogP contribution in [0.4, 0.5) is 5.69 Å². The summed E-state index contributed by atoms with van der Waals surface area (Å²) in [4.78, 5) is 28.8. The predicted octanol–water partition coefficient (Wildman–Crippen LogP) is 5.03. The van der Waals surface area contributed by atoms with Crippen molar-refractivity contribution in [2.24, 2.45) is 0 Å². The van der Waals surface area contributed by atoms with Crippen LogP contribution in [0.15, 0.2) is 77.7 Å². The number of nitrogens with one attached hydrogen (secondary N) is 1. The zero-order chi connectivity index (χ0) is 30.3. The smallest absolute Gasteiger partial charge is 0.264 e. The van der Waals surface area contributed by atoms with Crippen molar-refractivity contribution in [1.29, 1.82) is 0 Å². The van der Waals surface area contributed by atoms with E-state index in [1.807, 2.05) is 12.1 Å². The minimum atomic E-state index is -4.20.